The topological polar surface area (TPSA) is 42.1 Å². The third-order valence-corrected chi connectivity index (χ3v) is 4.84. The fraction of sp³-hybridized carbons (Fsp3) is 0.364. The van der Waals surface area contributed by atoms with E-state index >= 15 is 0 Å². The van der Waals surface area contributed by atoms with Gasteiger partial charge in [-0.3, -0.25) is 0 Å². The van der Waals surface area contributed by atoms with Crippen LogP contribution in [0.4, 0.5) is 5.13 Å². The SMILES string of the molecule is CC(N)c1cnc(N(C)Cc2ccc(Cl)s2)s1. The van der Waals surface area contributed by atoms with Crippen molar-refractivity contribution in [3.63, 3.8) is 0 Å². The van der Waals surface area contributed by atoms with Gasteiger partial charge in [0, 0.05) is 29.0 Å². The van der Waals surface area contributed by atoms with Crippen molar-refractivity contribution in [2.75, 3.05) is 11.9 Å². The molecule has 0 saturated heterocycles. The standard InChI is InChI=1S/C11H14ClN3S2/c1-7(13)9-5-14-11(17-9)15(2)6-8-3-4-10(12)16-8/h3-5,7H,6,13H2,1-2H3. The molecule has 92 valence electrons. The Balaban J connectivity index is 2.06. The van der Waals surface area contributed by atoms with Crippen LogP contribution in [0.25, 0.3) is 0 Å². The predicted octanol–water partition coefficient (Wildman–Crippen LogP) is 3.51. The van der Waals surface area contributed by atoms with Crippen LogP contribution >= 0.6 is 34.3 Å². The zero-order valence-electron chi connectivity index (χ0n) is 9.68. The molecule has 6 heteroatoms. The maximum atomic E-state index is 5.91. The summed E-state index contributed by atoms with van der Waals surface area (Å²) in [5, 5.41) is 0.988. The molecule has 3 nitrogen and oxygen atoms in total. The van der Waals surface area contributed by atoms with E-state index in [-0.39, 0.29) is 6.04 Å². The van der Waals surface area contributed by atoms with Gasteiger partial charge < -0.3 is 10.6 Å². The number of anilines is 1. The molecule has 0 bridgehead atoms. The largest absolute Gasteiger partial charge is 0.346 e. The maximum absolute atomic E-state index is 5.91. The van der Waals surface area contributed by atoms with Gasteiger partial charge >= 0.3 is 0 Å². The Kier molecular flexibility index (Phi) is 4.04. The lowest BCUT2D eigenvalue weighted by molar-refractivity contribution is 0.835. The molecule has 2 rings (SSSR count). The van der Waals surface area contributed by atoms with Crippen molar-refractivity contribution >= 4 is 39.4 Å². The molecular formula is C11H14ClN3S2. The third-order valence-electron chi connectivity index (χ3n) is 2.31. The maximum Gasteiger partial charge on any atom is 0.185 e. The highest BCUT2D eigenvalue weighted by atomic mass is 35.5. The number of halogens is 1. The monoisotopic (exact) mass is 287 g/mol. The van der Waals surface area contributed by atoms with E-state index in [1.165, 1.54) is 4.88 Å². The number of nitrogens with zero attached hydrogens (tertiary/aromatic N) is 2. The van der Waals surface area contributed by atoms with E-state index in [1.54, 1.807) is 22.7 Å². The lowest BCUT2D eigenvalue weighted by Gasteiger charge is -2.14. The lowest BCUT2D eigenvalue weighted by Crippen LogP contribution is -2.14. The number of nitrogens with two attached hydrogens (primary N) is 1. The van der Waals surface area contributed by atoms with E-state index in [0.29, 0.717) is 0 Å². The molecule has 2 N–H and O–H groups in total. The number of thiophene rings is 1. The van der Waals surface area contributed by atoms with Crippen molar-refractivity contribution in [2.45, 2.75) is 19.5 Å². The van der Waals surface area contributed by atoms with Crippen molar-refractivity contribution in [1.82, 2.24) is 4.98 Å². The second kappa shape index (κ2) is 5.35. The molecule has 1 unspecified atom stereocenters. The average Bonchev–Trinajstić information content (AvgIpc) is 2.86. The van der Waals surface area contributed by atoms with E-state index in [2.05, 4.69) is 9.88 Å². The van der Waals surface area contributed by atoms with Crippen molar-refractivity contribution in [1.29, 1.82) is 0 Å². The molecule has 2 aromatic heterocycles. The summed E-state index contributed by atoms with van der Waals surface area (Å²) in [6.45, 7) is 2.79. The van der Waals surface area contributed by atoms with Gasteiger partial charge in [0.05, 0.1) is 10.9 Å². The summed E-state index contributed by atoms with van der Waals surface area (Å²) in [5.41, 5.74) is 5.82. The van der Waals surface area contributed by atoms with Crippen LogP contribution in [0.5, 0.6) is 0 Å². The molecule has 0 aliphatic heterocycles. The normalized spacial score (nSPS) is 12.7. The Hall–Kier alpha value is -0.620. The van der Waals surface area contributed by atoms with Crippen LogP contribution in [-0.2, 0) is 6.54 Å². The van der Waals surface area contributed by atoms with Gasteiger partial charge in [0.25, 0.3) is 0 Å². The molecule has 1 atom stereocenters. The summed E-state index contributed by atoms with van der Waals surface area (Å²) in [4.78, 5) is 8.83. The van der Waals surface area contributed by atoms with Gasteiger partial charge in [-0.2, -0.15) is 0 Å². The molecule has 0 radical (unpaired) electrons. The van der Waals surface area contributed by atoms with Gasteiger partial charge in [0.15, 0.2) is 5.13 Å². The molecule has 0 spiro atoms. The molecular weight excluding hydrogens is 274 g/mol. The summed E-state index contributed by atoms with van der Waals surface area (Å²) in [6, 6.07) is 4.01. The Bertz CT molecular complexity index is 492. The highest BCUT2D eigenvalue weighted by molar-refractivity contribution is 7.16. The van der Waals surface area contributed by atoms with Crippen molar-refractivity contribution in [3.8, 4) is 0 Å². The molecule has 2 heterocycles. The van der Waals surface area contributed by atoms with E-state index in [1.807, 2.05) is 32.3 Å². The third kappa shape index (κ3) is 3.19. The first kappa shape index (κ1) is 12.8. The van der Waals surface area contributed by atoms with E-state index in [0.717, 1.165) is 20.9 Å². The predicted molar refractivity (Wildman–Crippen MR) is 76.2 cm³/mol. The fourth-order valence-electron chi connectivity index (χ4n) is 1.40. The molecule has 0 aliphatic rings. The van der Waals surface area contributed by atoms with Crippen LogP contribution in [0.2, 0.25) is 4.34 Å². The van der Waals surface area contributed by atoms with Gasteiger partial charge in [-0.05, 0) is 19.1 Å². The second-order valence-electron chi connectivity index (χ2n) is 3.90. The number of rotatable bonds is 4. The average molecular weight is 288 g/mol. The summed E-state index contributed by atoms with van der Waals surface area (Å²) < 4.78 is 0.823. The Morgan fingerprint density at radius 2 is 2.24 bits per heavy atom. The van der Waals surface area contributed by atoms with Crippen LogP contribution in [0.15, 0.2) is 18.3 Å². The molecule has 0 saturated carbocycles. The zero-order chi connectivity index (χ0) is 12.4. The summed E-state index contributed by atoms with van der Waals surface area (Å²) in [6.07, 6.45) is 1.85. The molecule has 0 aromatic carbocycles. The second-order valence-corrected chi connectivity index (χ2v) is 6.74. The smallest absolute Gasteiger partial charge is 0.185 e. The minimum atomic E-state index is 0.0471. The molecule has 0 aliphatic carbocycles. The fourth-order valence-corrected chi connectivity index (χ4v) is 3.37. The van der Waals surface area contributed by atoms with Crippen LogP contribution in [-0.4, -0.2) is 12.0 Å². The van der Waals surface area contributed by atoms with Gasteiger partial charge in [0.1, 0.15) is 0 Å². The van der Waals surface area contributed by atoms with Crippen LogP contribution in [0, 0.1) is 0 Å². The van der Waals surface area contributed by atoms with Crippen LogP contribution in [0.3, 0.4) is 0 Å². The number of hydrogen-bond acceptors (Lipinski definition) is 5. The van der Waals surface area contributed by atoms with Gasteiger partial charge in [-0.25, -0.2) is 4.98 Å². The zero-order valence-corrected chi connectivity index (χ0v) is 12.1. The molecule has 0 amide bonds. The molecule has 2 aromatic rings. The van der Waals surface area contributed by atoms with Gasteiger partial charge in [-0.15, -0.1) is 22.7 Å². The van der Waals surface area contributed by atoms with E-state index in [9.17, 15) is 0 Å². The van der Waals surface area contributed by atoms with Crippen molar-refractivity contribution in [2.24, 2.45) is 5.73 Å². The Labute approximate surface area is 114 Å². The van der Waals surface area contributed by atoms with Gasteiger partial charge in [0.2, 0.25) is 0 Å². The Morgan fingerprint density at radius 3 is 2.76 bits per heavy atom. The Morgan fingerprint density at radius 1 is 1.47 bits per heavy atom. The first-order chi connectivity index (χ1) is 8.06. The van der Waals surface area contributed by atoms with Crippen LogP contribution < -0.4 is 10.6 Å². The highest BCUT2D eigenvalue weighted by Gasteiger charge is 2.10. The van der Waals surface area contributed by atoms with E-state index < -0.39 is 0 Å². The van der Waals surface area contributed by atoms with Crippen molar-refractivity contribution in [3.05, 3.63) is 32.4 Å². The summed E-state index contributed by atoms with van der Waals surface area (Å²) in [5.74, 6) is 0. The number of hydrogen-bond donors (Lipinski definition) is 1. The first-order valence-electron chi connectivity index (χ1n) is 5.23. The highest BCUT2D eigenvalue weighted by Crippen LogP contribution is 2.28. The quantitative estimate of drug-likeness (QED) is 0.936. The minimum absolute atomic E-state index is 0.0471. The van der Waals surface area contributed by atoms with Crippen LogP contribution in [0.1, 0.15) is 22.7 Å². The molecule has 0 fully saturated rings. The van der Waals surface area contributed by atoms with Crippen molar-refractivity contribution < 1.29 is 0 Å². The summed E-state index contributed by atoms with van der Waals surface area (Å²) >= 11 is 9.14. The van der Waals surface area contributed by atoms with E-state index in [4.69, 9.17) is 17.3 Å². The number of aromatic nitrogens is 1. The van der Waals surface area contributed by atoms with Gasteiger partial charge in [-0.1, -0.05) is 11.6 Å². The summed E-state index contributed by atoms with van der Waals surface area (Å²) in [7, 11) is 2.03. The molecule has 17 heavy (non-hydrogen) atoms. The lowest BCUT2D eigenvalue weighted by atomic mass is 10.3. The number of thiazole rings is 1. The minimum Gasteiger partial charge on any atom is -0.346 e. The first-order valence-corrected chi connectivity index (χ1v) is 7.24.